The number of nitrogens with one attached hydrogen (secondary N) is 1. The molecule has 3 aromatic carbocycles. The number of aliphatic hydroxyl groups is 1. The normalized spacial score (nSPS) is 11.7. The third-order valence-corrected chi connectivity index (χ3v) is 4.94. The summed E-state index contributed by atoms with van der Waals surface area (Å²) in [7, 11) is 1.56. The average Bonchev–Trinajstić information content (AvgIpc) is 2.69. The number of carbonyl (C=O) groups is 1. The van der Waals surface area contributed by atoms with E-state index < -0.39 is 6.10 Å². The van der Waals surface area contributed by atoms with Crippen LogP contribution in [0.25, 0.3) is 0 Å². The maximum Gasteiger partial charge on any atom is 0.255 e. The molecule has 2 N–H and O–H groups in total. The van der Waals surface area contributed by atoms with Crippen LogP contribution in [0.5, 0.6) is 5.75 Å². The maximum absolute atomic E-state index is 12.7. The fourth-order valence-corrected chi connectivity index (χ4v) is 3.41. The molecular formula is C21H17BrClNO3. The minimum atomic E-state index is -0.914. The minimum absolute atomic E-state index is 0.304. The van der Waals surface area contributed by atoms with E-state index in [1.54, 1.807) is 43.5 Å². The van der Waals surface area contributed by atoms with Crippen LogP contribution in [-0.2, 0) is 0 Å². The summed E-state index contributed by atoms with van der Waals surface area (Å²) in [6.07, 6.45) is -0.914. The molecule has 138 valence electrons. The van der Waals surface area contributed by atoms with Gasteiger partial charge in [0, 0.05) is 21.8 Å². The fraction of sp³-hybridized carbons (Fsp3) is 0.0952. The van der Waals surface area contributed by atoms with Crippen molar-refractivity contribution in [1.29, 1.82) is 0 Å². The van der Waals surface area contributed by atoms with Crippen LogP contribution >= 0.6 is 27.5 Å². The van der Waals surface area contributed by atoms with Gasteiger partial charge in [0.1, 0.15) is 11.9 Å². The second kappa shape index (κ2) is 8.57. The Labute approximate surface area is 170 Å². The second-order valence-electron chi connectivity index (χ2n) is 5.85. The molecule has 0 aliphatic rings. The lowest BCUT2D eigenvalue weighted by molar-refractivity contribution is 0.102. The summed E-state index contributed by atoms with van der Waals surface area (Å²) < 4.78 is 5.86. The molecule has 0 fully saturated rings. The number of rotatable bonds is 5. The van der Waals surface area contributed by atoms with Crippen LogP contribution in [0.3, 0.4) is 0 Å². The molecule has 27 heavy (non-hydrogen) atoms. The topological polar surface area (TPSA) is 58.6 Å². The predicted molar refractivity (Wildman–Crippen MR) is 111 cm³/mol. The van der Waals surface area contributed by atoms with E-state index in [0.717, 1.165) is 0 Å². The van der Waals surface area contributed by atoms with Gasteiger partial charge < -0.3 is 15.2 Å². The number of methoxy groups -OCH3 is 1. The predicted octanol–water partition coefficient (Wildman–Crippen LogP) is 5.45. The largest absolute Gasteiger partial charge is 0.496 e. The average molecular weight is 447 g/mol. The van der Waals surface area contributed by atoms with Crippen LogP contribution in [0.4, 0.5) is 5.69 Å². The van der Waals surface area contributed by atoms with Crippen molar-refractivity contribution < 1.29 is 14.6 Å². The third-order valence-electron chi connectivity index (χ3n) is 4.09. The van der Waals surface area contributed by atoms with Crippen LogP contribution in [-0.4, -0.2) is 18.1 Å². The minimum Gasteiger partial charge on any atom is -0.496 e. The highest BCUT2D eigenvalue weighted by molar-refractivity contribution is 9.10. The van der Waals surface area contributed by atoms with Crippen molar-refractivity contribution in [2.45, 2.75) is 6.10 Å². The molecule has 0 aromatic heterocycles. The summed E-state index contributed by atoms with van der Waals surface area (Å²) in [6.45, 7) is 0. The highest BCUT2D eigenvalue weighted by atomic mass is 79.9. The van der Waals surface area contributed by atoms with Crippen molar-refractivity contribution in [2.75, 3.05) is 12.4 Å². The number of halogens is 2. The quantitative estimate of drug-likeness (QED) is 0.548. The first-order valence-corrected chi connectivity index (χ1v) is 9.34. The van der Waals surface area contributed by atoms with Crippen LogP contribution in [0, 0.1) is 0 Å². The molecule has 6 heteroatoms. The molecule has 0 heterocycles. The first-order chi connectivity index (χ1) is 13.0. The molecule has 3 aromatic rings. The second-order valence-corrected chi connectivity index (χ2v) is 7.14. The SMILES string of the molecule is COc1ccc(C(=O)Nc2ccc(Cl)cc2[C@@H](O)c2ccccc2)cc1Br. The monoisotopic (exact) mass is 445 g/mol. The molecule has 0 saturated carbocycles. The Kier molecular flexibility index (Phi) is 6.16. The van der Waals surface area contributed by atoms with E-state index in [-0.39, 0.29) is 5.91 Å². The Morgan fingerprint density at radius 3 is 2.52 bits per heavy atom. The number of hydrogen-bond acceptors (Lipinski definition) is 3. The summed E-state index contributed by atoms with van der Waals surface area (Å²) in [5.74, 6) is 0.334. The molecule has 0 aliphatic carbocycles. The van der Waals surface area contributed by atoms with Gasteiger partial charge in [-0.1, -0.05) is 41.9 Å². The molecule has 0 bridgehead atoms. The smallest absolute Gasteiger partial charge is 0.255 e. The molecule has 4 nitrogen and oxygen atoms in total. The van der Waals surface area contributed by atoms with Crippen molar-refractivity contribution in [3.05, 3.63) is 92.9 Å². The van der Waals surface area contributed by atoms with Gasteiger partial charge in [-0.15, -0.1) is 0 Å². The number of anilines is 1. The molecule has 0 unspecified atom stereocenters. The summed E-state index contributed by atoms with van der Waals surface area (Å²) in [5, 5.41) is 14.1. The van der Waals surface area contributed by atoms with Crippen LogP contribution < -0.4 is 10.1 Å². The van der Waals surface area contributed by atoms with Gasteiger partial charge in [0.15, 0.2) is 0 Å². The number of carbonyl (C=O) groups excluding carboxylic acids is 1. The van der Waals surface area contributed by atoms with Crippen molar-refractivity contribution >= 4 is 39.1 Å². The first kappa shape index (κ1) is 19.4. The fourth-order valence-electron chi connectivity index (χ4n) is 2.69. The lowest BCUT2D eigenvalue weighted by atomic mass is 9.99. The molecule has 1 atom stereocenters. The van der Waals surface area contributed by atoms with E-state index >= 15 is 0 Å². The highest BCUT2D eigenvalue weighted by Crippen LogP contribution is 2.32. The zero-order valence-corrected chi connectivity index (χ0v) is 16.8. The van der Waals surface area contributed by atoms with E-state index in [9.17, 15) is 9.90 Å². The molecule has 0 spiro atoms. The van der Waals surface area contributed by atoms with Gasteiger partial charge in [-0.05, 0) is 57.9 Å². The Bertz CT molecular complexity index is 963. The Balaban J connectivity index is 1.91. The summed E-state index contributed by atoms with van der Waals surface area (Å²) in [6, 6.07) is 19.3. The molecule has 3 rings (SSSR count). The van der Waals surface area contributed by atoms with Gasteiger partial charge in [-0.3, -0.25) is 4.79 Å². The molecule has 0 radical (unpaired) electrons. The molecule has 0 aliphatic heterocycles. The van der Waals surface area contributed by atoms with E-state index in [0.29, 0.717) is 37.6 Å². The summed E-state index contributed by atoms with van der Waals surface area (Å²) in [5.41, 5.74) is 2.18. The maximum atomic E-state index is 12.7. The van der Waals surface area contributed by atoms with Crippen LogP contribution in [0.2, 0.25) is 5.02 Å². The summed E-state index contributed by atoms with van der Waals surface area (Å²) >= 11 is 9.49. The number of amides is 1. The van der Waals surface area contributed by atoms with Crippen molar-refractivity contribution in [3.63, 3.8) is 0 Å². The number of hydrogen-bond donors (Lipinski definition) is 2. The van der Waals surface area contributed by atoms with E-state index in [1.165, 1.54) is 0 Å². The number of benzene rings is 3. The van der Waals surface area contributed by atoms with Gasteiger partial charge in [0.25, 0.3) is 5.91 Å². The first-order valence-electron chi connectivity index (χ1n) is 8.17. The van der Waals surface area contributed by atoms with E-state index in [1.807, 2.05) is 30.3 Å². The van der Waals surface area contributed by atoms with Gasteiger partial charge in [-0.25, -0.2) is 0 Å². The Hall–Kier alpha value is -2.34. The summed E-state index contributed by atoms with van der Waals surface area (Å²) in [4.78, 5) is 12.7. The van der Waals surface area contributed by atoms with Crippen molar-refractivity contribution in [1.82, 2.24) is 0 Å². The number of ether oxygens (including phenoxy) is 1. The van der Waals surface area contributed by atoms with Gasteiger partial charge in [-0.2, -0.15) is 0 Å². The van der Waals surface area contributed by atoms with Crippen molar-refractivity contribution in [3.8, 4) is 5.75 Å². The highest BCUT2D eigenvalue weighted by Gasteiger charge is 2.18. The zero-order chi connectivity index (χ0) is 19.4. The van der Waals surface area contributed by atoms with Gasteiger partial charge in [0.2, 0.25) is 0 Å². The lowest BCUT2D eigenvalue weighted by Gasteiger charge is -2.17. The lowest BCUT2D eigenvalue weighted by Crippen LogP contribution is -2.15. The molecule has 0 saturated heterocycles. The van der Waals surface area contributed by atoms with E-state index in [2.05, 4.69) is 21.2 Å². The number of aliphatic hydroxyl groups excluding tert-OH is 1. The van der Waals surface area contributed by atoms with Crippen molar-refractivity contribution in [2.24, 2.45) is 0 Å². The zero-order valence-electron chi connectivity index (χ0n) is 14.4. The van der Waals surface area contributed by atoms with Gasteiger partial charge in [0.05, 0.1) is 11.6 Å². The van der Waals surface area contributed by atoms with Gasteiger partial charge >= 0.3 is 0 Å². The molecular weight excluding hydrogens is 430 g/mol. The van der Waals surface area contributed by atoms with E-state index in [4.69, 9.17) is 16.3 Å². The molecule has 1 amide bonds. The Morgan fingerprint density at radius 1 is 1.11 bits per heavy atom. The standard InChI is InChI=1S/C21H17BrClNO3/c1-27-19-10-7-14(11-17(19)22)21(26)24-18-9-8-15(23)12-16(18)20(25)13-5-3-2-4-6-13/h2-12,20,25H,1H3,(H,24,26)/t20-/m0/s1. The third kappa shape index (κ3) is 4.50. The Morgan fingerprint density at radius 2 is 1.85 bits per heavy atom. The van der Waals surface area contributed by atoms with Crippen LogP contribution in [0.1, 0.15) is 27.6 Å². The van der Waals surface area contributed by atoms with Crippen LogP contribution in [0.15, 0.2) is 71.2 Å².